The summed E-state index contributed by atoms with van der Waals surface area (Å²) in [4.78, 5) is 0. The first-order valence-corrected chi connectivity index (χ1v) is 5.76. The van der Waals surface area contributed by atoms with Crippen molar-refractivity contribution in [1.82, 2.24) is 5.32 Å². The second-order valence-corrected chi connectivity index (χ2v) is 4.41. The van der Waals surface area contributed by atoms with Crippen LogP contribution in [0.25, 0.3) is 0 Å². The number of halogens is 1. The van der Waals surface area contributed by atoms with E-state index in [2.05, 4.69) is 11.4 Å². The molecule has 16 heavy (non-hydrogen) atoms. The van der Waals surface area contributed by atoms with E-state index >= 15 is 0 Å². The number of hydrogen-bond acceptors (Lipinski definition) is 3. The molecule has 4 heteroatoms. The summed E-state index contributed by atoms with van der Waals surface area (Å²) >= 11 is 6.07. The van der Waals surface area contributed by atoms with Crippen molar-refractivity contribution in [2.75, 3.05) is 6.54 Å². The van der Waals surface area contributed by atoms with E-state index in [9.17, 15) is 0 Å². The van der Waals surface area contributed by atoms with Crippen LogP contribution in [-0.4, -0.2) is 18.1 Å². The number of benzene rings is 1. The SMILES string of the molecule is N#Cc1ccccc1OC1CC(Cl)CCN1. The first-order valence-electron chi connectivity index (χ1n) is 5.33. The van der Waals surface area contributed by atoms with E-state index in [1.807, 2.05) is 12.1 Å². The van der Waals surface area contributed by atoms with Crippen molar-refractivity contribution in [3.05, 3.63) is 29.8 Å². The summed E-state index contributed by atoms with van der Waals surface area (Å²) in [6.45, 7) is 0.855. The predicted octanol–water partition coefficient (Wildman–Crippen LogP) is 2.25. The molecule has 2 rings (SSSR count). The maximum absolute atomic E-state index is 8.92. The van der Waals surface area contributed by atoms with Gasteiger partial charge in [0, 0.05) is 11.8 Å². The Hall–Kier alpha value is -1.24. The molecule has 0 amide bonds. The molecule has 3 nitrogen and oxygen atoms in total. The normalized spacial score (nSPS) is 24.8. The van der Waals surface area contributed by atoms with E-state index in [1.54, 1.807) is 12.1 Å². The van der Waals surface area contributed by atoms with Crippen LogP contribution in [-0.2, 0) is 0 Å². The molecule has 1 aromatic rings. The highest BCUT2D eigenvalue weighted by molar-refractivity contribution is 6.20. The molecule has 1 saturated heterocycles. The van der Waals surface area contributed by atoms with Crippen LogP contribution in [0.5, 0.6) is 5.75 Å². The zero-order valence-corrected chi connectivity index (χ0v) is 9.57. The van der Waals surface area contributed by atoms with E-state index < -0.39 is 0 Å². The zero-order valence-electron chi connectivity index (χ0n) is 8.82. The number of nitrogens with zero attached hydrogens (tertiary/aromatic N) is 1. The van der Waals surface area contributed by atoms with Crippen molar-refractivity contribution in [1.29, 1.82) is 5.26 Å². The van der Waals surface area contributed by atoms with Crippen LogP contribution in [0, 0.1) is 11.3 Å². The first-order chi connectivity index (χ1) is 7.79. The van der Waals surface area contributed by atoms with E-state index in [-0.39, 0.29) is 11.6 Å². The molecule has 1 fully saturated rings. The van der Waals surface area contributed by atoms with E-state index in [4.69, 9.17) is 21.6 Å². The van der Waals surface area contributed by atoms with Crippen molar-refractivity contribution < 1.29 is 4.74 Å². The average molecular weight is 237 g/mol. The van der Waals surface area contributed by atoms with Crippen LogP contribution in [0.1, 0.15) is 18.4 Å². The summed E-state index contributed by atoms with van der Waals surface area (Å²) < 4.78 is 5.73. The largest absolute Gasteiger partial charge is 0.474 e. The summed E-state index contributed by atoms with van der Waals surface area (Å²) in [5.74, 6) is 0.619. The quantitative estimate of drug-likeness (QED) is 0.802. The molecule has 2 unspecified atom stereocenters. The highest BCUT2D eigenvalue weighted by Gasteiger charge is 2.21. The predicted molar refractivity (Wildman–Crippen MR) is 62.5 cm³/mol. The number of nitrogens with one attached hydrogen (secondary N) is 1. The van der Waals surface area contributed by atoms with Gasteiger partial charge in [0.2, 0.25) is 0 Å². The van der Waals surface area contributed by atoms with Crippen molar-refractivity contribution >= 4 is 11.6 Å². The fourth-order valence-electron chi connectivity index (χ4n) is 1.74. The lowest BCUT2D eigenvalue weighted by Gasteiger charge is -2.27. The van der Waals surface area contributed by atoms with Crippen LogP contribution >= 0.6 is 11.6 Å². The van der Waals surface area contributed by atoms with Gasteiger partial charge in [0.15, 0.2) is 6.23 Å². The Morgan fingerprint density at radius 2 is 2.25 bits per heavy atom. The third kappa shape index (κ3) is 2.66. The third-order valence-corrected chi connectivity index (χ3v) is 2.97. The Balaban J connectivity index is 2.06. The standard InChI is InChI=1S/C12H13ClN2O/c13-10-5-6-15-12(7-10)16-11-4-2-1-3-9(11)8-14/h1-4,10,12,15H,5-7H2. The first kappa shape index (κ1) is 11.3. The van der Waals surface area contributed by atoms with Gasteiger partial charge in [-0.15, -0.1) is 11.6 Å². The zero-order chi connectivity index (χ0) is 11.4. The van der Waals surface area contributed by atoms with Crippen molar-refractivity contribution in [2.24, 2.45) is 0 Å². The molecule has 1 aliphatic rings. The summed E-state index contributed by atoms with van der Waals surface area (Å²) in [5, 5.41) is 12.3. The fraction of sp³-hybridized carbons (Fsp3) is 0.417. The second-order valence-electron chi connectivity index (χ2n) is 3.79. The molecule has 84 valence electrons. The molecule has 0 aliphatic carbocycles. The van der Waals surface area contributed by atoms with Crippen LogP contribution in [0.2, 0.25) is 0 Å². The second kappa shape index (κ2) is 5.20. The smallest absolute Gasteiger partial charge is 0.151 e. The topological polar surface area (TPSA) is 45.0 Å². The number of rotatable bonds is 2. The molecule has 1 N–H and O–H groups in total. The molecule has 0 saturated carbocycles. The van der Waals surface area contributed by atoms with Gasteiger partial charge in [0.1, 0.15) is 11.8 Å². The number of piperidine rings is 1. The van der Waals surface area contributed by atoms with Gasteiger partial charge in [-0.05, 0) is 25.1 Å². The minimum absolute atomic E-state index is 0.0919. The Morgan fingerprint density at radius 3 is 3.00 bits per heavy atom. The number of nitriles is 1. The van der Waals surface area contributed by atoms with E-state index in [0.717, 1.165) is 19.4 Å². The van der Waals surface area contributed by atoms with Crippen LogP contribution < -0.4 is 10.1 Å². The van der Waals surface area contributed by atoms with Crippen LogP contribution in [0.4, 0.5) is 0 Å². The number of para-hydroxylation sites is 1. The van der Waals surface area contributed by atoms with E-state index in [0.29, 0.717) is 11.3 Å². The maximum Gasteiger partial charge on any atom is 0.151 e. The van der Waals surface area contributed by atoms with Gasteiger partial charge in [-0.1, -0.05) is 12.1 Å². The molecular formula is C12H13ClN2O. The number of hydrogen-bond donors (Lipinski definition) is 1. The molecule has 0 spiro atoms. The van der Waals surface area contributed by atoms with Gasteiger partial charge in [0.25, 0.3) is 0 Å². The summed E-state index contributed by atoms with van der Waals surface area (Å²) in [5.41, 5.74) is 0.556. The number of alkyl halides is 1. The molecular weight excluding hydrogens is 224 g/mol. The minimum atomic E-state index is -0.0919. The highest BCUT2D eigenvalue weighted by Crippen LogP contribution is 2.21. The van der Waals surface area contributed by atoms with Crippen LogP contribution in [0.3, 0.4) is 0 Å². The van der Waals surface area contributed by atoms with Crippen molar-refractivity contribution in [3.63, 3.8) is 0 Å². The summed E-state index contributed by atoms with van der Waals surface area (Å²) in [7, 11) is 0. The Labute approximate surface area is 100.0 Å². The molecule has 0 aromatic heterocycles. The maximum atomic E-state index is 8.92. The van der Waals surface area contributed by atoms with Gasteiger partial charge in [-0.3, -0.25) is 5.32 Å². The molecule has 1 heterocycles. The van der Waals surface area contributed by atoms with Gasteiger partial charge >= 0.3 is 0 Å². The lowest BCUT2D eigenvalue weighted by Crippen LogP contribution is -2.42. The van der Waals surface area contributed by atoms with Gasteiger partial charge < -0.3 is 4.74 Å². The molecule has 0 radical (unpaired) electrons. The Morgan fingerprint density at radius 1 is 1.44 bits per heavy atom. The molecule has 1 aliphatic heterocycles. The molecule has 2 atom stereocenters. The molecule has 1 aromatic carbocycles. The lowest BCUT2D eigenvalue weighted by molar-refractivity contribution is 0.134. The third-order valence-electron chi connectivity index (χ3n) is 2.58. The fourth-order valence-corrected chi connectivity index (χ4v) is 2.01. The van der Waals surface area contributed by atoms with Crippen molar-refractivity contribution in [2.45, 2.75) is 24.4 Å². The Kier molecular flexibility index (Phi) is 3.66. The highest BCUT2D eigenvalue weighted by atomic mass is 35.5. The molecule has 0 bridgehead atoms. The number of ether oxygens (including phenoxy) is 1. The lowest BCUT2D eigenvalue weighted by atomic mass is 10.1. The minimum Gasteiger partial charge on any atom is -0.474 e. The van der Waals surface area contributed by atoms with Gasteiger partial charge in [-0.25, -0.2) is 0 Å². The average Bonchev–Trinajstić information content (AvgIpc) is 2.30. The Bertz CT molecular complexity index is 402. The van der Waals surface area contributed by atoms with Gasteiger partial charge in [-0.2, -0.15) is 5.26 Å². The monoisotopic (exact) mass is 236 g/mol. The van der Waals surface area contributed by atoms with Crippen LogP contribution in [0.15, 0.2) is 24.3 Å². The van der Waals surface area contributed by atoms with Crippen molar-refractivity contribution in [3.8, 4) is 11.8 Å². The summed E-state index contributed by atoms with van der Waals surface area (Å²) in [6.07, 6.45) is 1.63. The van der Waals surface area contributed by atoms with Gasteiger partial charge in [0.05, 0.1) is 5.56 Å². The van der Waals surface area contributed by atoms with E-state index in [1.165, 1.54) is 0 Å². The summed E-state index contributed by atoms with van der Waals surface area (Å²) in [6, 6.07) is 9.34.